The van der Waals surface area contributed by atoms with E-state index in [4.69, 9.17) is 9.84 Å². The molecule has 1 atom stereocenters. The summed E-state index contributed by atoms with van der Waals surface area (Å²) in [5.74, 6) is -0.188. The molecular formula is C12H13N3O3. The minimum atomic E-state index is -0.986. The van der Waals surface area contributed by atoms with Crippen LogP contribution in [0.4, 0.5) is 0 Å². The van der Waals surface area contributed by atoms with Crippen molar-refractivity contribution in [2.75, 3.05) is 6.61 Å². The van der Waals surface area contributed by atoms with Crippen LogP contribution in [0, 0.1) is 0 Å². The molecule has 0 aliphatic carbocycles. The highest BCUT2D eigenvalue weighted by atomic mass is 16.5. The number of aromatic amines is 1. The van der Waals surface area contributed by atoms with Crippen molar-refractivity contribution in [3.8, 4) is 0 Å². The molecule has 3 rings (SSSR count). The second kappa shape index (κ2) is 4.38. The molecule has 18 heavy (non-hydrogen) atoms. The molecule has 1 saturated heterocycles. The molecule has 1 unspecified atom stereocenters. The predicted molar refractivity (Wildman–Crippen MR) is 63.5 cm³/mol. The highest BCUT2D eigenvalue weighted by molar-refractivity contribution is 5.90. The van der Waals surface area contributed by atoms with Gasteiger partial charge >= 0.3 is 5.97 Å². The molecule has 0 saturated carbocycles. The molecule has 1 fully saturated rings. The van der Waals surface area contributed by atoms with Crippen molar-refractivity contribution >= 4 is 17.1 Å². The van der Waals surface area contributed by atoms with Crippen molar-refractivity contribution in [3.63, 3.8) is 0 Å². The van der Waals surface area contributed by atoms with Gasteiger partial charge in [-0.15, -0.1) is 0 Å². The number of aromatic carboxylic acids is 1. The molecule has 0 radical (unpaired) electrons. The van der Waals surface area contributed by atoms with Crippen LogP contribution in [0.25, 0.3) is 11.2 Å². The lowest BCUT2D eigenvalue weighted by atomic mass is 10.2. The van der Waals surface area contributed by atoms with Gasteiger partial charge in [-0.25, -0.2) is 14.8 Å². The first-order valence-corrected chi connectivity index (χ1v) is 5.92. The van der Waals surface area contributed by atoms with Gasteiger partial charge in [0, 0.05) is 19.2 Å². The van der Waals surface area contributed by atoms with Crippen LogP contribution in [0.2, 0.25) is 0 Å². The zero-order valence-electron chi connectivity index (χ0n) is 9.72. The van der Waals surface area contributed by atoms with Gasteiger partial charge in [0.2, 0.25) is 0 Å². The fourth-order valence-corrected chi connectivity index (χ4v) is 2.18. The van der Waals surface area contributed by atoms with Crippen molar-refractivity contribution in [1.29, 1.82) is 0 Å². The van der Waals surface area contributed by atoms with Gasteiger partial charge < -0.3 is 14.8 Å². The molecule has 0 amide bonds. The Morgan fingerprint density at radius 3 is 3.22 bits per heavy atom. The van der Waals surface area contributed by atoms with E-state index < -0.39 is 5.97 Å². The first-order valence-electron chi connectivity index (χ1n) is 5.92. The fraction of sp³-hybridized carbons (Fsp3) is 0.417. The van der Waals surface area contributed by atoms with Crippen LogP contribution in [0.5, 0.6) is 0 Å². The SMILES string of the molecule is O=C(O)c1cnc2nc(CC3CCCO3)[nH]c2c1. The Morgan fingerprint density at radius 2 is 2.50 bits per heavy atom. The van der Waals surface area contributed by atoms with E-state index in [0.717, 1.165) is 31.7 Å². The molecule has 0 spiro atoms. The van der Waals surface area contributed by atoms with Gasteiger partial charge in [-0.1, -0.05) is 0 Å². The van der Waals surface area contributed by atoms with Crippen molar-refractivity contribution in [2.45, 2.75) is 25.4 Å². The summed E-state index contributed by atoms with van der Waals surface area (Å²) in [7, 11) is 0. The van der Waals surface area contributed by atoms with Gasteiger partial charge in [-0.3, -0.25) is 0 Å². The molecule has 2 aromatic rings. The maximum atomic E-state index is 10.8. The molecule has 94 valence electrons. The van der Waals surface area contributed by atoms with Crippen LogP contribution < -0.4 is 0 Å². The predicted octanol–water partition coefficient (Wildman–Crippen LogP) is 1.38. The Morgan fingerprint density at radius 1 is 1.61 bits per heavy atom. The Balaban J connectivity index is 1.87. The molecule has 2 N–H and O–H groups in total. The average Bonchev–Trinajstić information content (AvgIpc) is 2.96. The van der Waals surface area contributed by atoms with Gasteiger partial charge in [-0.05, 0) is 18.9 Å². The summed E-state index contributed by atoms with van der Waals surface area (Å²) in [6.45, 7) is 0.812. The zero-order valence-corrected chi connectivity index (χ0v) is 9.72. The third-order valence-electron chi connectivity index (χ3n) is 3.08. The summed E-state index contributed by atoms with van der Waals surface area (Å²) >= 11 is 0. The van der Waals surface area contributed by atoms with E-state index in [1.54, 1.807) is 6.07 Å². The molecule has 2 aromatic heterocycles. The number of carbonyl (C=O) groups is 1. The van der Waals surface area contributed by atoms with E-state index in [-0.39, 0.29) is 11.7 Å². The normalized spacial score (nSPS) is 19.4. The lowest BCUT2D eigenvalue weighted by Gasteiger charge is -2.05. The lowest BCUT2D eigenvalue weighted by Crippen LogP contribution is -2.09. The minimum Gasteiger partial charge on any atom is -0.478 e. The van der Waals surface area contributed by atoms with E-state index in [1.807, 2.05) is 0 Å². The number of fused-ring (bicyclic) bond motifs is 1. The number of carboxylic acids is 1. The number of aromatic nitrogens is 3. The minimum absolute atomic E-state index is 0.162. The molecule has 0 bridgehead atoms. The molecule has 0 aromatic carbocycles. The Hall–Kier alpha value is -1.95. The average molecular weight is 247 g/mol. The standard InChI is InChI=1S/C12H13N3O3/c16-12(17)7-4-9-11(13-6-7)15-10(14-9)5-8-2-1-3-18-8/h4,6,8H,1-3,5H2,(H,16,17)(H,13,14,15). The second-order valence-electron chi connectivity index (χ2n) is 4.42. The number of ether oxygens (including phenoxy) is 1. The van der Waals surface area contributed by atoms with Crippen LogP contribution in [0.15, 0.2) is 12.3 Å². The van der Waals surface area contributed by atoms with E-state index in [9.17, 15) is 4.79 Å². The van der Waals surface area contributed by atoms with E-state index in [0.29, 0.717) is 11.2 Å². The summed E-state index contributed by atoms with van der Waals surface area (Å²) in [5, 5.41) is 8.89. The van der Waals surface area contributed by atoms with E-state index in [1.165, 1.54) is 6.20 Å². The van der Waals surface area contributed by atoms with Crippen molar-refractivity contribution in [1.82, 2.24) is 15.0 Å². The number of hydrogen-bond acceptors (Lipinski definition) is 4. The summed E-state index contributed by atoms with van der Waals surface area (Å²) in [4.78, 5) is 22.3. The number of H-pyrrole nitrogens is 1. The summed E-state index contributed by atoms with van der Waals surface area (Å²) < 4.78 is 5.54. The third-order valence-corrected chi connectivity index (χ3v) is 3.08. The van der Waals surface area contributed by atoms with E-state index in [2.05, 4.69) is 15.0 Å². The Kier molecular flexibility index (Phi) is 2.71. The second-order valence-corrected chi connectivity index (χ2v) is 4.42. The van der Waals surface area contributed by atoms with Crippen LogP contribution in [-0.2, 0) is 11.2 Å². The monoisotopic (exact) mass is 247 g/mol. The number of nitrogens with zero attached hydrogens (tertiary/aromatic N) is 2. The summed E-state index contributed by atoms with van der Waals surface area (Å²) in [5.41, 5.74) is 1.37. The number of hydrogen-bond donors (Lipinski definition) is 2. The van der Waals surface area contributed by atoms with Gasteiger partial charge in [0.25, 0.3) is 0 Å². The lowest BCUT2D eigenvalue weighted by molar-refractivity contribution is 0.0696. The molecule has 3 heterocycles. The van der Waals surface area contributed by atoms with E-state index >= 15 is 0 Å². The summed E-state index contributed by atoms with van der Waals surface area (Å²) in [6.07, 6.45) is 4.39. The molecular weight excluding hydrogens is 234 g/mol. The topological polar surface area (TPSA) is 88.1 Å². The largest absolute Gasteiger partial charge is 0.478 e. The third kappa shape index (κ3) is 2.06. The molecule has 6 nitrogen and oxygen atoms in total. The zero-order chi connectivity index (χ0) is 12.5. The highest BCUT2D eigenvalue weighted by Gasteiger charge is 2.18. The maximum Gasteiger partial charge on any atom is 0.337 e. The van der Waals surface area contributed by atoms with Crippen molar-refractivity contribution < 1.29 is 14.6 Å². The van der Waals surface area contributed by atoms with Gasteiger partial charge in [0.15, 0.2) is 5.65 Å². The Bertz CT molecular complexity index is 587. The molecule has 6 heteroatoms. The van der Waals surface area contributed by atoms with Crippen molar-refractivity contribution in [3.05, 3.63) is 23.7 Å². The number of pyridine rings is 1. The van der Waals surface area contributed by atoms with Crippen LogP contribution in [-0.4, -0.2) is 38.7 Å². The quantitative estimate of drug-likeness (QED) is 0.855. The molecule has 1 aliphatic rings. The number of nitrogens with one attached hydrogen (secondary N) is 1. The first kappa shape index (κ1) is 11.2. The Labute approximate surface area is 103 Å². The summed E-state index contributed by atoms with van der Waals surface area (Å²) in [6, 6.07) is 1.55. The van der Waals surface area contributed by atoms with Crippen LogP contribution in [0.1, 0.15) is 29.0 Å². The maximum absolute atomic E-state index is 10.8. The first-order chi connectivity index (χ1) is 8.72. The van der Waals surface area contributed by atoms with Gasteiger partial charge in [0.1, 0.15) is 5.82 Å². The molecule has 1 aliphatic heterocycles. The number of carboxylic acid groups (broad SMARTS) is 1. The van der Waals surface area contributed by atoms with Crippen molar-refractivity contribution in [2.24, 2.45) is 0 Å². The van der Waals surface area contributed by atoms with Crippen LogP contribution in [0.3, 0.4) is 0 Å². The smallest absolute Gasteiger partial charge is 0.337 e. The number of rotatable bonds is 3. The highest BCUT2D eigenvalue weighted by Crippen LogP contribution is 2.18. The van der Waals surface area contributed by atoms with Gasteiger partial charge in [-0.2, -0.15) is 0 Å². The van der Waals surface area contributed by atoms with Crippen LogP contribution >= 0.6 is 0 Å². The number of imidazole rings is 1. The fourth-order valence-electron chi connectivity index (χ4n) is 2.18. The van der Waals surface area contributed by atoms with Gasteiger partial charge in [0.05, 0.1) is 17.2 Å².